The van der Waals surface area contributed by atoms with Crippen LogP contribution < -0.4 is 11.1 Å². The second kappa shape index (κ2) is 7.48. The largest absolute Gasteiger partial charge is 0.383 e. The predicted octanol–water partition coefficient (Wildman–Crippen LogP) is 3.72. The van der Waals surface area contributed by atoms with Gasteiger partial charge in [0.05, 0.1) is 0 Å². The van der Waals surface area contributed by atoms with Crippen LogP contribution in [0.4, 0.5) is 5.82 Å². The summed E-state index contributed by atoms with van der Waals surface area (Å²) in [5.41, 5.74) is 9.69. The average molecular weight is 301 g/mol. The minimum atomic E-state index is 0.217. The van der Waals surface area contributed by atoms with Crippen LogP contribution in [0.25, 0.3) is 0 Å². The lowest BCUT2D eigenvalue weighted by atomic mass is 10.0. The monoisotopic (exact) mass is 301 g/mol. The Kier molecular flexibility index (Phi) is 5.65. The first kappa shape index (κ1) is 15.9. The van der Waals surface area contributed by atoms with Crippen molar-refractivity contribution in [2.45, 2.75) is 31.7 Å². The highest BCUT2D eigenvalue weighted by molar-refractivity contribution is 7.99. The number of nitrogens with zero attached hydrogens (tertiary/aromatic N) is 1. The Morgan fingerprint density at radius 2 is 2.10 bits per heavy atom. The second-order valence-electron chi connectivity index (χ2n) is 5.16. The van der Waals surface area contributed by atoms with Crippen LogP contribution in [0.2, 0.25) is 0 Å². The minimum absolute atomic E-state index is 0.217. The van der Waals surface area contributed by atoms with Crippen molar-refractivity contribution >= 4 is 17.6 Å². The number of pyridine rings is 1. The van der Waals surface area contributed by atoms with Gasteiger partial charge in [-0.15, -0.1) is 11.8 Å². The summed E-state index contributed by atoms with van der Waals surface area (Å²) in [6.45, 7) is 7.24. The average Bonchev–Trinajstić information content (AvgIpc) is 2.44. The van der Waals surface area contributed by atoms with Gasteiger partial charge in [0.2, 0.25) is 0 Å². The van der Waals surface area contributed by atoms with Gasteiger partial charge in [-0.25, -0.2) is 4.98 Å². The zero-order chi connectivity index (χ0) is 15.2. The number of nitrogens with one attached hydrogen (secondary N) is 1. The summed E-state index contributed by atoms with van der Waals surface area (Å²) >= 11 is 1.85. The molecule has 0 aliphatic carbocycles. The maximum Gasteiger partial charge on any atom is 0.128 e. The Morgan fingerprint density at radius 3 is 2.76 bits per heavy atom. The van der Waals surface area contributed by atoms with Gasteiger partial charge in [0.1, 0.15) is 5.82 Å². The summed E-state index contributed by atoms with van der Waals surface area (Å²) in [7, 11) is 0. The van der Waals surface area contributed by atoms with E-state index in [4.69, 9.17) is 5.73 Å². The van der Waals surface area contributed by atoms with Crippen LogP contribution in [-0.2, 0) is 0 Å². The van der Waals surface area contributed by atoms with Crippen molar-refractivity contribution in [3.05, 3.63) is 53.2 Å². The Balaban J connectivity index is 2.16. The number of rotatable bonds is 6. The highest BCUT2D eigenvalue weighted by Crippen LogP contribution is 2.29. The SMILES string of the molecule is CCNC(CSc1cccc(C)c1)c1c(C)ccnc1N. The highest BCUT2D eigenvalue weighted by Gasteiger charge is 2.17. The van der Waals surface area contributed by atoms with Crippen molar-refractivity contribution < 1.29 is 0 Å². The Hall–Kier alpha value is -1.52. The molecule has 1 aromatic carbocycles. The Bertz CT molecular complexity index is 578. The first-order valence-electron chi connectivity index (χ1n) is 7.25. The lowest BCUT2D eigenvalue weighted by Gasteiger charge is -2.21. The molecule has 1 unspecified atom stereocenters. The van der Waals surface area contributed by atoms with Crippen LogP contribution in [0.5, 0.6) is 0 Å². The van der Waals surface area contributed by atoms with Crippen LogP contribution in [-0.4, -0.2) is 17.3 Å². The molecule has 0 fully saturated rings. The molecule has 0 spiro atoms. The van der Waals surface area contributed by atoms with Crippen molar-refractivity contribution in [2.75, 3.05) is 18.0 Å². The molecule has 1 heterocycles. The number of aromatic nitrogens is 1. The molecule has 2 aromatic rings. The third kappa shape index (κ3) is 4.22. The van der Waals surface area contributed by atoms with Gasteiger partial charge >= 0.3 is 0 Å². The molecule has 3 nitrogen and oxygen atoms in total. The topological polar surface area (TPSA) is 50.9 Å². The van der Waals surface area contributed by atoms with E-state index >= 15 is 0 Å². The second-order valence-corrected chi connectivity index (χ2v) is 6.26. The third-order valence-corrected chi connectivity index (χ3v) is 4.53. The van der Waals surface area contributed by atoms with Crippen LogP contribution >= 0.6 is 11.8 Å². The fourth-order valence-corrected chi connectivity index (χ4v) is 3.51. The molecule has 112 valence electrons. The van der Waals surface area contributed by atoms with E-state index in [1.54, 1.807) is 6.20 Å². The molecule has 1 aromatic heterocycles. The molecule has 1 atom stereocenters. The minimum Gasteiger partial charge on any atom is -0.383 e. The predicted molar refractivity (Wildman–Crippen MR) is 91.7 cm³/mol. The summed E-state index contributed by atoms with van der Waals surface area (Å²) in [6.07, 6.45) is 1.77. The molecule has 3 N–H and O–H groups in total. The summed E-state index contributed by atoms with van der Waals surface area (Å²) in [5, 5.41) is 3.52. The standard InChI is InChI=1S/C17H23N3S/c1-4-19-15(16-13(3)8-9-20-17(16)18)11-21-14-7-5-6-12(2)10-14/h5-10,15,19H,4,11H2,1-3H3,(H2,18,20). The van der Waals surface area contributed by atoms with Gasteiger partial charge in [-0.1, -0.05) is 24.6 Å². The van der Waals surface area contributed by atoms with Crippen LogP contribution in [0, 0.1) is 13.8 Å². The van der Waals surface area contributed by atoms with E-state index < -0.39 is 0 Å². The van der Waals surface area contributed by atoms with E-state index in [1.165, 1.54) is 16.0 Å². The summed E-state index contributed by atoms with van der Waals surface area (Å²) in [6, 6.07) is 10.8. The molecule has 0 radical (unpaired) electrons. The van der Waals surface area contributed by atoms with Gasteiger partial charge in [0.15, 0.2) is 0 Å². The van der Waals surface area contributed by atoms with Crippen molar-refractivity contribution in [2.24, 2.45) is 0 Å². The molecule has 0 saturated heterocycles. The normalized spacial score (nSPS) is 12.3. The number of hydrogen-bond donors (Lipinski definition) is 2. The lowest BCUT2D eigenvalue weighted by Crippen LogP contribution is -2.25. The fraction of sp³-hybridized carbons (Fsp3) is 0.353. The zero-order valence-electron chi connectivity index (χ0n) is 12.9. The van der Waals surface area contributed by atoms with E-state index in [2.05, 4.69) is 55.3 Å². The smallest absolute Gasteiger partial charge is 0.128 e. The number of nitrogens with two attached hydrogens (primary N) is 1. The first-order valence-corrected chi connectivity index (χ1v) is 8.24. The lowest BCUT2D eigenvalue weighted by molar-refractivity contribution is 0.603. The number of hydrogen-bond acceptors (Lipinski definition) is 4. The molecule has 0 amide bonds. The van der Waals surface area contributed by atoms with Gasteiger partial charge in [0, 0.05) is 28.5 Å². The highest BCUT2D eigenvalue weighted by atomic mass is 32.2. The molecule has 0 aliphatic rings. The molecular weight excluding hydrogens is 278 g/mol. The molecular formula is C17H23N3S. The van der Waals surface area contributed by atoms with E-state index in [-0.39, 0.29) is 6.04 Å². The van der Waals surface area contributed by atoms with Crippen molar-refractivity contribution in [1.82, 2.24) is 10.3 Å². The van der Waals surface area contributed by atoms with Crippen molar-refractivity contribution in [3.8, 4) is 0 Å². The number of benzene rings is 1. The summed E-state index contributed by atoms with van der Waals surface area (Å²) in [5.74, 6) is 1.57. The fourth-order valence-electron chi connectivity index (χ4n) is 2.42. The van der Waals surface area contributed by atoms with Crippen LogP contribution in [0.3, 0.4) is 0 Å². The molecule has 0 saturated carbocycles. The molecule has 0 aliphatic heterocycles. The molecule has 0 bridgehead atoms. The Labute approximate surface area is 131 Å². The van der Waals surface area contributed by atoms with Gasteiger partial charge < -0.3 is 11.1 Å². The van der Waals surface area contributed by atoms with Crippen molar-refractivity contribution in [1.29, 1.82) is 0 Å². The maximum absolute atomic E-state index is 6.09. The molecule has 2 rings (SSSR count). The van der Waals surface area contributed by atoms with Gasteiger partial charge in [0.25, 0.3) is 0 Å². The summed E-state index contributed by atoms with van der Waals surface area (Å²) in [4.78, 5) is 5.53. The van der Waals surface area contributed by atoms with E-state index in [0.717, 1.165) is 17.9 Å². The van der Waals surface area contributed by atoms with E-state index in [0.29, 0.717) is 5.82 Å². The van der Waals surface area contributed by atoms with E-state index in [1.807, 2.05) is 17.8 Å². The van der Waals surface area contributed by atoms with Gasteiger partial charge in [-0.3, -0.25) is 0 Å². The number of nitrogen functional groups attached to an aromatic ring is 1. The number of anilines is 1. The quantitative estimate of drug-likeness (QED) is 0.798. The van der Waals surface area contributed by atoms with Crippen LogP contribution in [0.15, 0.2) is 41.4 Å². The third-order valence-electron chi connectivity index (χ3n) is 3.44. The maximum atomic E-state index is 6.09. The van der Waals surface area contributed by atoms with Crippen molar-refractivity contribution in [3.63, 3.8) is 0 Å². The van der Waals surface area contributed by atoms with E-state index in [9.17, 15) is 0 Å². The van der Waals surface area contributed by atoms with Crippen LogP contribution in [0.1, 0.15) is 29.7 Å². The first-order chi connectivity index (χ1) is 10.1. The van der Waals surface area contributed by atoms with Gasteiger partial charge in [-0.05, 0) is 44.2 Å². The number of thioether (sulfide) groups is 1. The zero-order valence-corrected chi connectivity index (χ0v) is 13.7. The summed E-state index contributed by atoms with van der Waals surface area (Å²) < 4.78 is 0. The molecule has 21 heavy (non-hydrogen) atoms. The molecule has 4 heteroatoms. The Morgan fingerprint density at radius 1 is 1.29 bits per heavy atom. The number of aryl methyl sites for hydroxylation is 2. The van der Waals surface area contributed by atoms with Gasteiger partial charge in [-0.2, -0.15) is 0 Å².